The van der Waals surface area contributed by atoms with Gasteiger partial charge in [-0.05, 0) is 42.0 Å². The molecule has 6 aromatic rings. The van der Waals surface area contributed by atoms with Crippen LogP contribution < -0.4 is 0 Å². The molecule has 0 radical (unpaired) electrons. The van der Waals surface area contributed by atoms with Crippen molar-refractivity contribution in [3.63, 3.8) is 0 Å². The molecule has 3 unspecified atom stereocenters. The summed E-state index contributed by atoms with van der Waals surface area (Å²) in [6.45, 7) is 0. The van der Waals surface area contributed by atoms with E-state index in [1.807, 2.05) is 60.7 Å². The third-order valence-corrected chi connectivity index (χ3v) is 9.35. The van der Waals surface area contributed by atoms with Crippen molar-refractivity contribution in [3.05, 3.63) is 143 Å². The van der Waals surface area contributed by atoms with Gasteiger partial charge < -0.3 is 9.13 Å². The smallest absolute Gasteiger partial charge is 0.166 e. The Balaban J connectivity index is 1.42. The van der Waals surface area contributed by atoms with Crippen LogP contribution in [0.15, 0.2) is 115 Å². The van der Waals surface area contributed by atoms with Gasteiger partial charge in [0.1, 0.15) is 0 Å². The van der Waals surface area contributed by atoms with Gasteiger partial charge in [-0.3, -0.25) is 9.59 Å². The van der Waals surface area contributed by atoms with Gasteiger partial charge in [-0.15, -0.1) is 0 Å². The van der Waals surface area contributed by atoms with Crippen molar-refractivity contribution in [1.29, 1.82) is 0 Å². The lowest BCUT2D eigenvalue weighted by molar-refractivity contribution is 0.0862. The highest BCUT2D eigenvalue weighted by Crippen LogP contribution is 2.52. The van der Waals surface area contributed by atoms with Crippen molar-refractivity contribution < 1.29 is 9.59 Å². The first-order chi connectivity index (χ1) is 20.5. The number of aryl methyl sites for hydroxylation is 2. The topological polar surface area (TPSA) is 44.0 Å². The summed E-state index contributed by atoms with van der Waals surface area (Å²) >= 11 is 0. The summed E-state index contributed by atoms with van der Waals surface area (Å²) in [6.07, 6.45) is 3.97. The Labute approximate surface area is 246 Å². The molecule has 4 nitrogen and oxygen atoms in total. The van der Waals surface area contributed by atoms with Gasteiger partial charge in [-0.1, -0.05) is 97.1 Å². The molecular weight excluding hydrogens is 516 g/mol. The van der Waals surface area contributed by atoms with E-state index in [4.69, 9.17) is 0 Å². The number of rotatable bonds is 7. The molecule has 42 heavy (non-hydrogen) atoms. The molecule has 2 heterocycles. The molecule has 2 aromatic heterocycles. The maximum absolute atomic E-state index is 14.4. The van der Waals surface area contributed by atoms with Crippen molar-refractivity contribution in [2.24, 2.45) is 20.0 Å². The molecular formula is C38H34N2O2. The lowest BCUT2D eigenvalue weighted by Gasteiger charge is -2.37. The molecule has 4 heteroatoms. The van der Waals surface area contributed by atoms with E-state index in [1.165, 1.54) is 38.6 Å². The van der Waals surface area contributed by atoms with Gasteiger partial charge in [0.2, 0.25) is 0 Å². The molecule has 4 aromatic carbocycles. The Morgan fingerprint density at radius 3 is 2.02 bits per heavy atom. The highest BCUT2D eigenvalue weighted by molar-refractivity contribution is 6.00. The van der Waals surface area contributed by atoms with Gasteiger partial charge >= 0.3 is 0 Å². The first-order valence-corrected chi connectivity index (χ1v) is 14.8. The normalized spacial score (nSPS) is 18.3. The van der Waals surface area contributed by atoms with E-state index in [9.17, 15) is 9.59 Å². The van der Waals surface area contributed by atoms with E-state index in [0.29, 0.717) is 19.3 Å². The second kappa shape index (κ2) is 10.6. The minimum atomic E-state index is -0.252. The van der Waals surface area contributed by atoms with E-state index in [0.717, 1.165) is 11.1 Å². The summed E-state index contributed by atoms with van der Waals surface area (Å²) in [5, 5.41) is 2.41. The van der Waals surface area contributed by atoms with E-state index >= 15 is 0 Å². The molecule has 0 fully saturated rings. The average molecular weight is 551 g/mol. The number of nitrogens with zero attached hydrogens (tertiary/aromatic N) is 2. The molecule has 0 N–H and O–H groups in total. The lowest BCUT2D eigenvalue weighted by atomic mass is 9.66. The monoisotopic (exact) mass is 550 g/mol. The Morgan fingerprint density at radius 1 is 0.714 bits per heavy atom. The number of hydrogen-bond acceptors (Lipinski definition) is 2. The summed E-state index contributed by atoms with van der Waals surface area (Å²) in [6, 6.07) is 36.3. The molecule has 0 saturated carbocycles. The highest BCUT2D eigenvalue weighted by atomic mass is 16.1. The Bertz CT molecular complexity index is 1930. The molecule has 0 spiro atoms. The average Bonchev–Trinajstić information content (AvgIpc) is 3.54. The van der Waals surface area contributed by atoms with E-state index < -0.39 is 0 Å². The zero-order valence-electron chi connectivity index (χ0n) is 24.0. The quantitative estimate of drug-likeness (QED) is 0.187. The van der Waals surface area contributed by atoms with Crippen molar-refractivity contribution in [3.8, 4) is 0 Å². The minimum Gasteiger partial charge on any atom is -0.350 e. The standard InChI is InChI=1S/C38H34N2O2/c1-39-24-32(27-17-9-11-19-33(27)39)30-23-31(38(42)26-15-7-4-8-16-26)28(21-22-35(41)25-13-5-3-6-14-25)36-29-18-10-12-20-34(29)40(2)37(30)36/h3-20,24,28,30-31H,21-23H2,1-2H3. The van der Waals surface area contributed by atoms with Gasteiger partial charge in [-0.25, -0.2) is 0 Å². The Kier molecular flexibility index (Phi) is 6.62. The number of aromatic nitrogens is 2. The number of carbonyl (C=O) groups is 2. The molecule has 0 bridgehead atoms. The lowest BCUT2D eigenvalue weighted by Crippen LogP contribution is -2.31. The number of para-hydroxylation sites is 2. The number of benzene rings is 4. The van der Waals surface area contributed by atoms with Crippen LogP contribution in [0.1, 0.15) is 68.6 Å². The van der Waals surface area contributed by atoms with Gasteiger partial charge in [0, 0.05) is 77.2 Å². The van der Waals surface area contributed by atoms with Gasteiger partial charge in [0.15, 0.2) is 11.6 Å². The molecule has 7 rings (SSSR count). The van der Waals surface area contributed by atoms with E-state index in [2.05, 4.69) is 78.0 Å². The number of fused-ring (bicyclic) bond motifs is 4. The van der Waals surface area contributed by atoms with Crippen LogP contribution in [-0.4, -0.2) is 20.7 Å². The van der Waals surface area contributed by atoms with Crippen LogP contribution in [0, 0.1) is 5.92 Å². The SMILES string of the molecule is Cn1cc(C2CC(C(=O)c3ccccc3)C(CCC(=O)c3ccccc3)c3c2n(C)c2ccccc32)c2ccccc21. The maximum atomic E-state index is 14.4. The number of hydrogen-bond donors (Lipinski definition) is 0. The summed E-state index contributed by atoms with van der Waals surface area (Å²) in [5.41, 5.74) is 7.57. The fourth-order valence-corrected chi connectivity index (χ4v) is 7.42. The summed E-state index contributed by atoms with van der Waals surface area (Å²) < 4.78 is 4.54. The minimum absolute atomic E-state index is 0.0437. The summed E-state index contributed by atoms with van der Waals surface area (Å²) in [7, 11) is 4.26. The van der Waals surface area contributed by atoms with E-state index in [1.54, 1.807) is 0 Å². The second-order valence-electron chi connectivity index (χ2n) is 11.6. The second-order valence-corrected chi connectivity index (χ2v) is 11.6. The third-order valence-electron chi connectivity index (χ3n) is 9.35. The zero-order valence-corrected chi connectivity index (χ0v) is 24.0. The maximum Gasteiger partial charge on any atom is 0.166 e. The molecule has 3 atom stereocenters. The molecule has 1 aliphatic rings. The Hall–Kier alpha value is -4.70. The zero-order chi connectivity index (χ0) is 28.8. The fraction of sp³-hybridized carbons (Fsp3) is 0.211. The predicted molar refractivity (Wildman–Crippen MR) is 169 cm³/mol. The van der Waals surface area contributed by atoms with Crippen LogP contribution >= 0.6 is 0 Å². The van der Waals surface area contributed by atoms with Gasteiger partial charge in [0.05, 0.1) is 0 Å². The van der Waals surface area contributed by atoms with Gasteiger partial charge in [0.25, 0.3) is 0 Å². The van der Waals surface area contributed by atoms with E-state index in [-0.39, 0.29) is 29.3 Å². The van der Waals surface area contributed by atoms with Crippen molar-refractivity contribution in [2.75, 3.05) is 0 Å². The van der Waals surface area contributed by atoms with Crippen molar-refractivity contribution in [1.82, 2.24) is 9.13 Å². The molecule has 0 saturated heterocycles. The molecule has 0 amide bonds. The fourth-order valence-electron chi connectivity index (χ4n) is 7.42. The van der Waals surface area contributed by atoms with Crippen LogP contribution in [0.3, 0.4) is 0 Å². The van der Waals surface area contributed by atoms with Crippen LogP contribution in [0.2, 0.25) is 0 Å². The van der Waals surface area contributed by atoms with Crippen molar-refractivity contribution in [2.45, 2.75) is 31.1 Å². The van der Waals surface area contributed by atoms with Crippen LogP contribution in [0.4, 0.5) is 0 Å². The Morgan fingerprint density at radius 2 is 1.31 bits per heavy atom. The number of ketones is 2. The molecule has 0 aliphatic heterocycles. The van der Waals surface area contributed by atoms with Crippen LogP contribution in [0.5, 0.6) is 0 Å². The number of Topliss-reactive ketones (excluding diaryl/α,β-unsaturated/α-hetero) is 2. The van der Waals surface area contributed by atoms with Crippen molar-refractivity contribution >= 4 is 33.4 Å². The third kappa shape index (κ3) is 4.30. The number of carbonyl (C=O) groups excluding carboxylic acids is 2. The molecule has 1 aliphatic carbocycles. The van der Waals surface area contributed by atoms with Gasteiger partial charge in [-0.2, -0.15) is 0 Å². The largest absolute Gasteiger partial charge is 0.350 e. The summed E-state index contributed by atoms with van der Waals surface area (Å²) in [4.78, 5) is 27.8. The predicted octanol–water partition coefficient (Wildman–Crippen LogP) is 8.45. The van der Waals surface area contributed by atoms with Crippen LogP contribution in [-0.2, 0) is 14.1 Å². The first kappa shape index (κ1) is 26.2. The summed E-state index contributed by atoms with van der Waals surface area (Å²) in [5.74, 6) is 0.00855. The van der Waals surface area contributed by atoms with Crippen LogP contribution in [0.25, 0.3) is 21.8 Å². The molecule has 208 valence electrons. The first-order valence-electron chi connectivity index (χ1n) is 14.8. The highest BCUT2D eigenvalue weighted by Gasteiger charge is 2.43.